The van der Waals surface area contributed by atoms with Crippen LogP contribution in [0.1, 0.15) is 26.3 Å². The normalized spacial score (nSPS) is 11.8. The van der Waals surface area contributed by atoms with Gasteiger partial charge < -0.3 is 9.84 Å². The number of nitrogens with zero attached hydrogens (tertiary/aromatic N) is 1. The summed E-state index contributed by atoms with van der Waals surface area (Å²) in [6, 6.07) is 3.71. The van der Waals surface area contributed by atoms with Gasteiger partial charge in [0.05, 0.1) is 11.8 Å². The summed E-state index contributed by atoms with van der Waals surface area (Å²) in [5.41, 5.74) is 0.340. The van der Waals surface area contributed by atoms with Crippen LogP contribution >= 0.6 is 0 Å². The van der Waals surface area contributed by atoms with Crippen molar-refractivity contribution in [2.75, 3.05) is 0 Å². The molecule has 1 N–H and O–H groups in total. The van der Waals surface area contributed by atoms with Crippen LogP contribution in [0.25, 0.3) is 11.3 Å². The maximum atomic E-state index is 13.7. The van der Waals surface area contributed by atoms with E-state index in [2.05, 4.69) is 10.5 Å². The van der Waals surface area contributed by atoms with Crippen LogP contribution in [0.5, 0.6) is 0 Å². The first-order valence-electron chi connectivity index (χ1n) is 6.01. The highest BCUT2D eigenvalue weighted by Crippen LogP contribution is 2.29. The molecule has 19 heavy (non-hydrogen) atoms. The van der Waals surface area contributed by atoms with Crippen LogP contribution in [0, 0.1) is 11.6 Å². The molecule has 0 bridgehead atoms. The molecule has 5 heteroatoms. The van der Waals surface area contributed by atoms with Crippen molar-refractivity contribution in [1.29, 1.82) is 0 Å². The summed E-state index contributed by atoms with van der Waals surface area (Å²) >= 11 is 0. The number of hydrogen-bond donors (Lipinski definition) is 1. The van der Waals surface area contributed by atoms with E-state index in [1.54, 1.807) is 0 Å². The van der Waals surface area contributed by atoms with Gasteiger partial charge >= 0.3 is 0 Å². The lowest BCUT2D eigenvalue weighted by molar-refractivity contribution is 0.416. The Hall–Kier alpha value is -1.75. The highest BCUT2D eigenvalue weighted by Gasteiger charge is 2.20. The van der Waals surface area contributed by atoms with E-state index in [-0.39, 0.29) is 16.9 Å². The summed E-state index contributed by atoms with van der Waals surface area (Å²) in [5, 5.41) is 6.86. The Morgan fingerprint density at radius 1 is 1.21 bits per heavy atom. The molecule has 1 heterocycles. The van der Waals surface area contributed by atoms with Crippen LogP contribution in [0.2, 0.25) is 0 Å². The van der Waals surface area contributed by atoms with E-state index in [9.17, 15) is 8.78 Å². The summed E-state index contributed by atoms with van der Waals surface area (Å²) in [4.78, 5) is 0. The van der Waals surface area contributed by atoms with Gasteiger partial charge in [0, 0.05) is 17.6 Å². The summed E-state index contributed by atoms with van der Waals surface area (Å²) in [5.74, 6) is -1.19. The molecular formula is C14H16F2N2O. The van der Waals surface area contributed by atoms with Gasteiger partial charge in [-0.2, -0.15) is 0 Å². The van der Waals surface area contributed by atoms with Crippen LogP contribution in [0.3, 0.4) is 0 Å². The molecule has 0 atom stereocenters. The number of halogens is 2. The molecule has 2 rings (SSSR count). The molecule has 0 aliphatic heterocycles. The molecule has 0 saturated carbocycles. The molecule has 2 aromatic rings. The SMILES string of the molecule is CC(C)(C)NCc1cnoc1-c1c(F)cccc1F. The molecule has 0 amide bonds. The van der Waals surface area contributed by atoms with E-state index in [1.165, 1.54) is 24.4 Å². The molecule has 0 saturated heterocycles. The smallest absolute Gasteiger partial charge is 0.177 e. The first kappa shape index (κ1) is 13.7. The molecular weight excluding hydrogens is 250 g/mol. The second kappa shape index (κ2) is 5.09. The van der Waals surface area contributed by atoms with Crippen LogP contribution in [-0.4, -0.2) is 10.7 Å². The van der Waals surface area contributed by atoms with Gasteiger partial charge in [0.15, 0.2) is 5.76 Å². The zero-order chi connectivity index (χ0) is 14.0. The second-order valence-corrected chi connectivity index (χ2v) is 5.38. The fourth-order valence-corrected chi connectivity index (χ4v) is 1.67. The van der Waals surface area contributed by atoms with Crippen molar-refractivity contribution >= 4 is 0 Å². The van der Waals surface area contributed by atoms with Crippen LogP contribution in [0.4, 0.5) is 8.78 Å². The third-order valence-corrected chi connectivity index (χ3v) is 2.64. The quantitative estimate of drug-likeness (QED) is 0.923. The molecule has 0 aliphatic carbocycles. The van der Waals surface area contributed by atoms with Crippen LogP contribution in [0.15, 0.2) is 28.9 Å². The van der Waals surface area contributed by atoms with Gasteiger partial charge in [0.2, 0.25) is 0 Å². The van der Waals surface area contributed by atoms with E-state index < -0.39 is 11.6 Å². The molecule has 0 spiro atoms. The number of benzene rings is 1. The highest BCUT2D eigenvalue weighted by molar-refractivity contribution is 5.62. The summed E-state index contributed by atoms with van der Waals surface area (Å²) < 4.78 is 32.4. The molecule has 0 fully saturated rings. The van der Waals surface area contributed by atoms with Crippen molar-refractivity contribution in [3.8, 4) is 11.3 Å². The maximum absolute atomic E-state index is 13.7. The van der Waals surface area contributed by atoms with Gasteiger partial charge in [0.25, 0.3) is 0 Å². The number of hydrogen-bond acceptors (Lipinski definition) is 3. The first-order chi connectivity index (χ1) is 8.88. The zero-order valence-corrected chi connectivity index (χ0v) is 11.1. The minimum Gasteiger partial charge on any atom is -0.356 e. The lowest BCUT2D eigenvalue weighted by Crippen LogP contribution is -2.35. The predicted molar refractivity (Wildman–Crippen MR) is 68.4 cm³/mol. The van der Waals surface area contributed by atoms with Gasteiger partial charge in [-0.25, -0.2) is 8.78 Å². The maximum Gasteiger partial charge on any atom is 0.177 e. The van der Waals surface area contributed by atoms with Crippen molar-refractivity contribution in [2.24, 2.45) is 0 Å². The average Bonchev–Trinajstić information content (AvgIpc) is 2.73. The van der Waals surface area contributed by atoms with Gasteiger partial charge in [-0.1, -0.05) is 11.2 Å². The molecule has 0 unspecified atom stereocenters. The molecule has 102 valence electrons. The van der Waals surface area contributed by atoms with Gasteiger partial charge in [-0.3, -0.25) is 0 Å². The van der Waals surface area contributed by atoms with Crippen LogP contribution < -0.4 is 5.32 Å². The molecule has 1 aromatic carbocycles. The summed E-state index contributed by atoms with van der Waals surface area (Å²) in [6.45, 7) is 6.44. The van der Waals surface area contributed by atoms with Crippen LogP contribution in [-0.2, 0) is 6.54 Å². The zero-order valence-electron chi connectivity index (χ0n) is 11.1. The topological polar surface area (TPSA) is 38.1 Å². The van der Waals surface area contributed by atoms with Crippen molar-refractivity contribution in [3.05, 3.63) is 41.6 Å². The van der Waals surface area contributed by atoms with E-state index in [0.29, 0.717) is 12.1 Å². The minimum atomic E-state index is -0.659. The molecule has 0 radical (unpaired) electrons. The fourth-order valence-electron chi connectivity index (χ4n) is 1.67. The van der Waals surface area contributed by atoms with Gasteiger partial charge in [0.1, 0.15) is 11.6 Å². The molecule has 1 aromatic heterocycles. The van der Waals surface area contributed by atoms with Gasteiger partial charge in [-0.05, 0) is 32.9 Å². The lowest BCUT2D eigenvalue weighted by atomic mass is 10.1. The fraction of sp³-hybridized carbons (Fsp3) is 0.357. The van der Waals surface area contributed by atoms with Crippen molar-refractivity contribution in [3.63, 3.8) is 0 Å². The third kappa shape index (κ3) is 3.17. The highest BCUT2D eigenvalue weighted by atomic mass is 19.1. The summed E-state index contributed by atoms with van der Waals surface area (Å²) in [6.07, 6.45) is 1.47. The lowest BCUT2D eigenvalue weighted by Gasteiger charge is -2.20. The Morgan fingerprint density at radius 3 is 2.42 bits per heavy atom. The minimum absolute atomic E-state index is 0.109. The number of rotatable bonds is 3. The standard InChI is InChI=1S/C14H16F2N2O/c1-14(2,3)17-7-9-8-18-19-13(9)12-10(15)5-4-6-11(12)16/h4-6,8,17H,7H2,1-3H3. The van der Waals surface area contributed by atoms with Crippen molar-refractivity contribution in [2.45, 2.75) is 32.9 Å². The Bertz CT molecular complexity index is 553. The largest absolute Gasteiger partial charge is 0.356 e. The second-order valence-electron chi connectivity index (χ2n) is 5.38. The van der Waals surface area contributed by atoms with Crippen molar-refractivity contribution < 1.29 is 13.3 Å². The van der Waals surface area contributed by atoms with E-state index in [0.717, 1.165) is 0 Å². The van der Waals surface area contributed by atoms with Gasteiger partial charge in [-0.15, -0.1) is 0 Å². The monoisotopic (exact) mass is 266 g/mol. The molecule has 3 nitrogen and oxygen atoms in total. The molecule has 0 aliphatic rings. The Morgan fingerprint density at radius 2 is 1.84 bits per heavy atom. The van der Waals surface area contributed by atoms with Crippen molar-refractivity contribution in [1.82, 2.24) is 10.5 Å². The Balaban J connectivity index is 2.34. The average molecular weight is 266 g/mol. The third-order valence-electron chi connectivity index (χ3n) is 2.64. The van der Waals surface area contributed by atoms with E-state index >= 15 is 0 Å². The number of aromatic nitrogens is 1. The van der Waals surface area contributed by atoms with E-state index in [1.807, 2.05) is 20.8 Å². The number of nitrogens with one attached hydrogen (secondary N) is 1. The Labute approximate surface area is 110 Å². The predicted octanol–water partition coefficient (Wildman–Crippen LogP) is 3.51. The first-order valence-corrected chi connectivity index (χ1v) is 6.01. The summed E-state index contributed by atoms with van der Waals surface area (Å²) in [7, 11) is 0. The Kier molecular flexibility index (Phi) is 3.66. The van der Waals surface area contributed by atoms with E-state index in [4.69, 9.17) is 4.52 Å².